The lowest BCUT2D eigenvalue weighted by Crippen LogP contribution is -2.21. The maximum atomic E-state index is 4.11. The van der Waals surface area contributed by atoms with Gasteiger partial charge < -0.3 is 0 Å². The predicted octanol–water partition coefficient (Wildman–Crippen LogP) is 8.18. The monoisotopic (exact) mass is 398 g/mol. The van der Waals surface area contributed by atoms with Gasteiger partial charge in [-0.2, -0.15) is 23.5 Å². The van der Waals surface area contributed by atoms with Crippen molar-refractivity contribution >= 4 is 23.5 Å². The zero-order valence-electron chi connectivity index (χ0n) is 18.3. The molecule has 0 bridgehead atoms. The van der Waals surface area contributed by atoms with Crippen LogP contribution >= 0.6 is 23.5 Å². The smallest absolute Gasteiger partial charge is 0.00338 e. The van der Waals surface area contributed by atoms with Gasteiger partial charge >= 0.3 is 0 Å². The van der Waals surface area contributed by atoms with Crippen LogP contribution in [0.25, 0.3) is 0 Å². The number of rotatable bonds is 15. The first-order valence-electron chi connectivity index (χ1n) is 11.3. The van der Waals surface area contributed by atoms with Crippen molar-refractivity contribution in [1.82, 2.24) is 0 Å². The molecule has 154 valence electrons. The quantitative estimate of drug-likeness (QED) is 0.201. The molecular formula is C24H46S2. The SMILES string of the molecule is C=CC(CC)CC(CCSCCC)CC1CC(C)C(C)C1CSCCC. The zero-order valence-corrected chi connectivity index (χ0v) is 20.0. The minimum atomic E-state index is 0.723. The Morgan fingerprint density at radius 3 is 2.35 bits per heavy atom. The molecule has 1 aliphatic rings. The third kappa shape index (κ3) is 8.63. The van der Waals surface area contributed by atoms with Gasteiger partial charge in [0.25, 0.3) is 0 Å². The largest absolute Gasteiger partial charge is 0.162 e. The van der Waals surface area contributed by atoms with Gasteiger partial charge in [0.2, 0.25) is 0 Å². The molecule has 26 heavy (non-hydrogen) atoms. The molecule has 0 saturated heterocycles. The van der Waals surface area contributed by atoms with Crippen molar-refractivity contribution in [2.75, 3.05) is 23.0 Å². The van der Waals surface area contributed by atoms with Crippen LogP contribution in [0.1, 0.15) is 79.6 Å². The van der Waals surface area contributed by atoms with Crippen LogP contribution in [0.15, 0.2) is 12.7 Å². The standard InChI is InChI=1S/C24H46S2/c1-7-12-25-14-11-22(16-21(9-3)10-4)17-23-15-19(5)20(6)24(23)18-26-13-8-2/h9,19-24H,3,7-8,10-18H2,1-2,4-6H3. The molecule has 0 spiro atoms. The normalized spacial score (nSPS) is 28.2. The first-order chi connectivity index (χ1) is 12.6. The van der Waals surface area contributed by atoms with Gasteiger partial charge in [-0.15, -0.1) is 6.58 Å². The fourth-order valence-electron chi connectivity index (χ4n) is 4.76. The summed E-state index contributed by atoms with van der Waals surface area (Å²) in [5.41, 5.74) is 0. The van der Waals surface area contributed by atoms with Crippen molar-refractivity contribution in [2.45, 2.75) is 79.6 Å². The molecule has 1 fully saturated rings. The summed E-state index contributed by atoms with van der Waals surface area (Å²) in [5.74, 6) is 10.8. The van der Waals surface area contributed by atoms with E-state index in [0.717, 1.165) is 35.5 Å². The van der Waals surface area contributed by atoms with Crippen LogP contribution in [-0.2, 0) is 0 Å². The third-order valence-corrected chi connectivity index (χ3v) is 9.20. The maximum Gasteiger partial charge on any atom is -0.00338 e. The Balaban J connectivity index is 2.66. The number of hydrogen-bond acceptors (Lipinski definition) is 2. The second kappa shape index (κ2) is 14.4. The van der Waals surface area contributed by atoms with Crippen LogP contribution in [0.3, 0.4) is 0 Å². The van der Waals surface area contributed by atoms with E-state index >= 15 is 0 Å². The van der Waals surface area contributed by atoms with Gasteiger partial charge in [0.15, 0.2) is 0 Å². The van der Waals surface area contributed by atoms with Gasteiger partial charge in [-0.1, -0.05) is 40.7 Å². The Kier molecular flexibility index (Phi) is 13.6. The molecule has 0 aromatic carbocycles. The Labute approximate surface area is 174 Å². The van der Waals surface area contributed by atoms with Gasteiger partial charge in [0.05, 0.1) is 0 Å². The Hall–Kier alpha value is 0.440. The van der Waals surface area contributed by atoms with E-state index in [9.17, 15) is 0 Å². The van der Waals surface area contributed by atoms with E-state index in [1.807, 2.05) is 0 Å². The molecule has 6 atom stereocenters. The second-order valence-electron chi connectivity index (χ2n) is 8.71. The zero-order chi connectivity index (χ0) is 19.4. The molecule has 6 unspecified atom stereocenters. The van der Waals surface area contributed by atoms with Crippen LogP contribution in [0.4, 0.5) is 0 Å². The highest BCUT2D eigenvalue weighted by molar-refractivity contribution is 7.99. The molecule has 0 aromatic heterocycles. The molecule has 1 aliphatic carbocycles. The fourth-order valence-corrected chi connectivity index (χ4v) is 7.05. The lowest BCUT2D eigenvalue weighted by atomic mass is 9.80. The number of allylic oxidation sites excluding steroid dienone is 1. The predicted molar refractivity (Wildman–Crippen MR) is 126 cm³/mol. The molecule has 0 aliphatic heterocycles. The van der Waals surface area contributed by atoms with Crippen molar-refractivity contribution in [2.24, 2.45) is 35.5 Å². The average molecular weight is 399 g/mol. The van der Waals surface area contributed by atoms with Gasteiger partial charge in [0, 0.05) is 0 Å². The average Bonchev–Trinajstić information content (AvgIpc) is 2.90. The summed E-state index contributed by atoms with van der Waals surface area (Å²) in [6.07, 6.45) is 11.9. The van der Waals surface area contributed by atoms with E-state index in [1.165, 1.54) is 68.0 Å². The van der Waals surface area contributed by atoms with Crippen LogP contribution < -0.4 is 0 Å². The van der Waals surface area contributed by atoms with Gasteiger partial charge in [-0.3, -0.25) is 0 Å². The molecule has 0 N–H and O–H groups in total. The van der Waals surface area contributed by atoms with Crippen molar-refractivity contribution < 1.29 is 0 Å². The van der Waals surface area contributed by atoms with Crippen molar-refractivity contribution in [1.29, 1.82) is 0 Å². The lowest BCUT2D eigenvalue weighted by molar-refractivity contribution is 0.265. The first-order valence-corrected chi connectivity index (χ1v) is 13.7. The summed E-state index contributed by atoms with van der Waals surface area (Å²) >= 11 is 4.38. The summed E-state index contributed by atoms with van der Waals surface area (Å²) in [5, 5.41) is 0. The highest BCUT2D eigenvalue weighted by atomic mass is 32.2. The van der Waals surface area contributed by atoms with Crippen LogP contribution in [0.5, 0.6) is 0 Å². The summed E-state index contributed by atoms with van der Waals surface area (Å²) in [6.45, 7) is 16.1. The minimum Gasteiger partial charge on any atom is -0.162 e. The van der Waals surface area contributed by atoms with Crippen LogP contribution in [0, 0.1) is 35.5 Å². The molecule has 0 radical (unpaired) electrons. The minimum absolute atomic E-state index is 0.723. The molecule has 2 heteroatoms. The van der Waals surface area contributed by atoms with Crippen molar-refractivity contribution in [3.8, 4) is 0 Å². The van der Waals surface area contributed by atoms with E-state index in [0.29, 0.717) is 0 Å². The number of thioether (sulfide) groups is 2. The molecule has 0 aromatic rings. The molecule has 0 nitrogen and oxygen atoms in total. The van der Waals surface area contributed by atoms with E-state index in [-0.39, 0.29) is 0 Å². The first kappa shape index (κ1) is 24.5. The van der Waals surface area contributed by atoms with Gasteiger partial charge in [0.1, 0.15) is 0 Å². The summed E-state index contributed by atoms with van der Waals surface area (Å²) in [7, 11) is 0. The van der Waals surface area contributed by atoms with E-state index in [1.54, 1.807) is 0 Å². The summed E-state index contributed by atoms with van der Waals surface area (Å²) in [6, 6.07) is 0. The highest BCUT2D eigenvalue weighted by Gasteiger charge is 2.38. The van der Waals surface area contributed by atoms with Gasteiger partial charge in [-0.05, 0) is 103 Å². The highest BCUT2D eigenvalue weighted by Crippen LogP contribution is 2.46. The summed E-state index contributed by atoms with van der Waals surface area (Å²) in [4.78, 5) is 0. The maximum absolute atomic E-state index is 4.11. The Bertz CT molecular complexity index is 354. The van der Waals surface area contributed by atoms with Crippen molar-refractivity contribution in [3.05, 3.63) is 12.7 Å². The van der Waals surface area contributed by atoms with Crippen molar-refractivity contribution in [3.63, 3.8) is 0 Å². The summed E-state index contributed by atoms with van der Waals surface area (Å²) < 4.78 is 0. The van der Waals surface area contributed by atoms with Crippen LogP contribution in [-0.4, -0.2) is 23.0 Å². The molecular weight excluding hydrogens is 352 g/mol. The number of hydrogen-bond donors (Lipinski definition) is 0. The topological polar surface area (TPSA) is 0 Å². The van der Waals surface area contributed by atoms with E-state index < -0.39 is 0 Å². The van der Waals surface area contributed by atoms with Crippen LogP contribution in [0.2, 0.25) is 0 Å². The second-order valence-corrected chi connectivity index (χ2v) is 11.1. The molecule has 0 heterocycles. The molecule has 0 amide bonds. The van der Waals surface area contributed by atoms with Gasteiger partial charge in [-0.25, -0.2) is 0 Å². The lowest BCUT2D eigenvalue weighted by Gasteiger charge is -2.28. The van der Waals surface area contributed by atoms with E-state index in [2.05, 4.69) is 70.8 Å². The fraction of sp³-hybridized carbons (Fsp3) is 0.917. The molecule has 1 rings (SSSR count). The Morgan fingerprint density at radius 2 is 1.73 bits per heavy atom. The Morgan fingerprint density at radius 1 is 1.04 bits per heavy atom. The molecule has 1 saturated carbocycles. The van der Waals surface area contributed by atoms with E-state index in [4.69, 9.17) is 0 Å². The third-order valence-electron chi connectivity index (χ3n) is 6.66.